The summed E-state index contributed by atoms with van der Waals surface area (Å²) < 4.78 is 7.12. The van der Waals surface area contributed by atoms with Gasteiger partial charge in [-0.05, 0) is 49.6 Å². The summed E-state index contributed by atoms with van der Waals surface area (Å²) in [6, 6.07) is 10.1. The standard InChI is InChI=1S/C19H20BrNO2/c1-10-7-11(2)17-15(8-10)19-13(5-6-23-19)18(21-17)14-9-12(22)3-4-16(14)20/h3-4,7-9,13,18-19,21-22H,5-6H2,1-2H3. The molecule has 3 unspecified atom stereocenters. The van der Waals surface area contributed by atoms with Crippen LogP contribution in [0.1, 0.15) is 40.8 Å². The van der Waals surface area contributed by atoms with Gasteiger partial charge in [-0.3, -0.25) is 0 Å². The third-order valence-corrected chi connectivity index (χ3v) is 5.72. The first kappa shape index (κ1) is 15.0. The number of benzene rings is 2. The van der Waals surface area contributed by atoms with Gasteiger partial charge in [0.05, 0.1) is 12.1 Å². The van der Waals surface area contributed by atoms with Crippen molar-refractivity contribution in [1.29, 1.82) is 0 Å². The SMILES string of the molecule is Cc1cc(C)c2c(c1)C1OCCC1C(c1cc(O)ccc1Br)N2. The maximum Gasteiger partial charge on any atom is 0.116 e. The first-order valence-corrected chi connectivity index (χ1v) is 8.81. The monoisotopic (exact) mass is 373 g/mol. The quantitative estimate of drug-likeness (QED) is 0.737. The van der Waals surface area contributed by atoms with E-state index in [0.717, 1.165) is 23.1 Å². The number of rotatable bonds is 1. The van der Waals surface area contributed by atoms with E-state index >= 15 is 0 Å². The van der Waals surface area contributed by atoms with E-state index in [1.165, 1.54) is 22.4 Å². The van der Waals surface area contributed by atoms with Crippen LogP contribution in [0.15, 0.2) is 34.8 Å². The van der Waals surface area contributed by atoms with Gasteiger partial charge in [0.2, 0.25) is 0 Å². The van der Waals surface area contributed by atoms with Crippen LogP contribution in [0, 0.1) is 19.8 Å². The Morgan fingerprint density at radius 2 is 2.00 bits per heavy atom. The Kier molecular flexibility index (Phi) is 3.62. The summed E-state index contributed by atoms with van der Waals surface area (Å²) in [6.45, 7) is 5.06. The molecule has 0 aliphatic carbocycles. The minimum Gasteiger partial charge on any atom is -0.508 e. The van der Waals surface area contributed by atoms with E-state index in [-0.39, 0.29) is 12.1 Å². The maximum atomic E-state index is 9.92. The summed E-state index contributed by atoms with van der Waals surface area (Å²) in [4.78, 5) is 0. The van der Waals surface area contributed by atoms with Crippen molar-refractivity contribution in [3.8, 4) is 5.75 Å². The number of anilines is 1. The van der Waals surface area contributed by atoms with Gasteiger partial charge in [0.15, 0.2) is 0 Å². The number of phenols is 1. The third kappa shape index (κ3) is 2.45. The fraction of sp³-hybridized carbons (Fsp3) is 0.368. The minimum atomic E-state index is 0.129. The Morgan fingerprint density at radius 3 is 2.83 bits per heavy atom. The van der Waals surface area contributed by atoms with E-state index < -0.39 is 0 Å². The number of aryl methyl sites for hydroxylation is 2. The number of ether oxygens (including phenoxy) is 1. The number of nitrogens with one attached hydrogen (secondary N) is 1. The molecule has 2 N–H and O–H groups in total. The van der Waals surface area contributed by atoms with Gasteiger partial charge in [-0.25, -0.2) is 0 Å². The zero-order valence-electron chi connectivity index (χ0n) is 13.3. The maximum absolute atomic E-state index is 9.92. The van der Waals surface area contributed by atoms with Crippen LogP contribution in [0.3, 0.4) is 0 Å². The van der Waals surface area contributed by atoms with Gasteiger partial charge >= 0.3 is 0 Å². The van der Waals surface area contributed by atoms with Crippen molar-refractivity contribution in [1.82, 2.24) is 0 Å². The van der Waals surface area contributed by atoms with Gasteiger partial charge in [0.1, 0.15) is 5.75 Å². The predicted molar refractivity (Wildman–Crippen MR) is 94.9 cm³/mol. The molecule has 0 saturated carbocycles. The lowest BCUT2D eigenvalue weighted by Gasteiger charge is -2.38. The first-order valence-electron chi connectivity index (χ1n) is 8.02. The van der Waals surface area contributed by atoms with Crippen LogP contribution >= 0.6 is 15.9 Å². The third-order valence-electron chi connectivity index (χ3n) is 5.00. The van der Waals surface area contributed by atoms with E-state index in [2.05, 4.69) is 47.2 Å². The molecule has 2 aliphatic rings. The average molecular weight is 374 g/mol. The zero-order chi connectivity index (χ0) is 16.1. The summed E-state index contributed by atoms with van der Waals surface area (Å²) in [5.41, 5.74) is 6.07. The molecule has 0 radical (unpaired) electrons. The normalized spacial score (nSPS) is 25.6. The molecule has 2 aliphatic heterocycles. The largest absolute Gasteiger partial charge is 0.508 e. The molecule has 2 heterocycles. The minimum absolute atomic E-state index is 0.129. The molecule has 3 atom stereocenters. The summed E-state index contributed by atoms with van der Waals surface area (Å²) in [5.74, 6) is 0.675. The smallest absolute Gasteiger partial charge is 0.116 e. The highest BCUT2D eigenvalue weighted by Crippen LogP contribution is 2.52. The molecule has 1 fully saturated rings. The number of phenolic OH excluding ortho intramolecular Hbond substituents is 1. The van der Waals surface area contributed by atoms with Crippen LogP contribution in [0.25, 0.3) is 0 Å². The number of fused-ring (bicyclic) bond motifs is 3. The molecule has 0 spiro atoms. The molecule has 2 aromatic carbocycles. The lowest BCUT2D eigenvalue weighted by Crippen LogP contribution is -2.30. The number of hydrogen-bond donors (Lipinski definition) is 2. The number of halogens is 1. The van der Waals surface area contributed by atoms with E-state index in [9.17, 15) is 5.11 Å². The van der Waals surface area contributed by atoms with E-state index in [1.54, 1.807) is 6.07 Å². The van der Waals surface area contributed by atoms with Crippen LogP contribution in [0.2, 0.25) is 0 Å². The highest BCUT2D eigenvalue weighted by molar-refractivity contribution is 9.10. The zero-order valence-corrected chi connectivity index (χ0v) is 14.9. The van der Waals surface area contributed by atoms with Crippen LogP contribution in [0.5, 0.6) is 5.75 Å². The first-order chi connectivity index (χ1) is 11.0. The van der Waals surface area contributed by atoms with E-state index in [1.807, 2.05) is 12.1 Å². The van der Waals surface area contributed by atoms with Crippen LogP contribution in [0.4, 0.5) is 5.69 Å². The molecule has 2 aromatic rings. The predicted octanol–water partition coefficient (Wildman–Crippen LogP) is 5.02. The summed E-state index contributed by atoms with van der Waals surface area (Å²) in [6.07, 6.45) is 1.15. The molecular formula is C19H20BrNO2. The average Bonchev–Trinajstić information content (AvgIpc) is 2.99. The van der Waals surface area contributed by atoms with Crippen molar-refractivity contribution in [3.05, 3.63) is 57.1 Å². The summed E-state index contributed by atoms with van der Waals surface area (Å²) >= 11 is 3.64. The van der Waals surface area contributed by atoms with Gasteiger partial charge < -0.3 is 15.2 Å². The van der Waals surface area contributed by atoms with Crippen molar-refractivity contribution in [2.24, 2.45) is 5.92 Å². The fourth-order valence-corrected chi connectivity index (χ4v) is 4.52. The van der Waals surface area contributed by atoms with Crippen LogP contribution in [-0.4, -0.2) is 11.7 Å². The Hall–Kier alpha value is -1.52. The van der Waals surface area contributed by atoms with Crippen molar-refractivity contribution in [3.63, 3.8) is 0 Å². The Labute approximate surface area is 144 Å². The molecule has 4 heteroatoms. The molecule has 0 bridgehead atoms. The second-order valence-corrected chi connectivity index (χ2v) is 7.47. The molecule has 23 heavy (non-hydrogen) atoms. The van der Waals surface area contributed by atoms with Crippen molar-refractivity contribution in [2.75, 3.05) is 11.9 Å². The topological polar surface area (TPSA) is 41.5 Å². The Morgan fingerprint density at radius 1 is 1.17 bits per heavy atom. The lowest BCUT2D eigenvalue weighted by atomic mass is 9.80. The molecule has 1 saturated heterocycles. The van der Waals surface area contributed by atoms with Gasteiger partial charge in [-0.15, -0.1) is 0 Å². The molecule has 120 valence electrons. The lowest BCUT2D eigenvalue weighted by molar-refractivity contribution is 0.0827. The number of hydrogen-bond acceptors (Lipinski definition) is 3. The number of aromatic hydroxyl groups is 1. The van der Waals surface area contributed by atoms with Crippen molar-refractivity contribution in [2.45, 2.75) is 32.4 Å². The fourth-order valence-electron chi connectivity index (χ4n) is 4.03. The second-order valence-electron chi connectivity index (χ2n) is 6.62. The van der Waals surface area contributed by atoms with Gasteiger partial charge in [0.25, 0.3) is 0 Å². The Balaban J connectivity index is 1.85. The van der Waals surface area contributed by atoms with Crippen LogP contribution in [-0.2, 0) is 4.74 Å². The molecular weight excluding hydrogens is 354 g/mol. The van der Waals surface area contributed by atoms with Crippen molar-refractivity contribution >= 4 is 21.6 Å². The highest BCUT2D eigenvalue weighted by Gasteiger charge is 2.42. The van der Waals surface area contributed by atoms with Gasteiger partial charge in [-0.2, -0.15) is 0 Å². The van der Waals surface area contributed by atoms with E-state index in [4.69, 9.17) is 4.74 Å². The van der Waals surface area contributed by atoms with E-state index in [0.29, 0.717) is 11.7 Å². The summed E-state index contributed by atoms with van der Waals surface area (Å²) in [7, 11) is 0. The Bertz CT molecular complexity index is 774. The molecule has 0 aromatic heterocycles. The van der Waals surface area contributed by atoms with Crippen molar-refractivity contribution < 1.29 is 9.84 Å². The second kappa shape index (κ2) is 5.53. The van der Waals surface area contributed by atoms with Gasteiger partial charge in [-0.1, -0.05) is 33.6 Å². The molecule has 4 rings (SSSR count). The van der Waals surface area contributed by atoms with Crippen LogP contribution < -0.4 is 5.32 Å². The highest BCUT2D eigenvalue weighted by atomic mass is 79.9. The molecule has 0 amide bonds. The van der Waals surface area contributed by atoms with Gasteiger partial charge in [0, 0.05) is 28.2 Å². The summed E-state index contributed by atoms with van der Waals surface area (Å²) in [5, 5.41) is 13.6. The molecule has 3 nitrogen and oxygen atoms in total.